The zero-order chi connectivity index (χ0) is 12.9. The third-order valence-corrected chi connectivity index (χ3v) is 2.93. The minimum absolute atomic E-state index is 0. The predicted molar refractivity (Wildman–Crippen MR) is 74.5 cm³/mol. The van der Waals surface area contributed by atoms with Crippen molar-refractivity contribution in [3.05, 3.63) is 18.7 Å². The molecule has 0 aromatic rings. The Bertz CT molecular complexity index is 207. The summed E-state index contributed by atoms with van der Waals surface area (Å²) in [6.45, 7) is 7.65. The number of carbonyl (C=O) groups excluding carboxylic acids is 1. The Balaban J connectivity index is 0. The van der Waals surface area contributed by atoms with Crippen LogP contribution in [0.15, 0.2) is 12.7 Å². The monoisotopic (exact) mass is 261 g/mol. The Hall–Kier alpha value is 0.210. The minimum atomic E-state index is -0.0953. The molecule has 0 aliphatic carbocycles. The third kappa shape index (κ3) is 14.3. The topological polar surface area (TPSA) is 29.1 Å². The van der Waals surface area contributed by atoms with Crippen LogP contribution in [0.2, 0.25) is 0 Å². The Labute approximate surface area is 135 Å². The van der Waals surface area contributed by atoms with Crippen LogP contribution in [0.1, 0.15) is 71.6 Å². The average Bonchev–Trinajstić information content (AvgIpc) is 2.32. The van der Waals surface area contributed by atoms with E-state index in [2.05, 4.69) is 18.8 Å². The van der Waals surface area contributed by atoms with E-state index in [1.807, 2.05) is 6.92 Å². The van der Waals surface area contributed by atoms with Gasteiger partial charge in [-0.15, -0.1) is 0 Å². The quantitative estimate of drug-likeness (QED) is 0.259. The van der Waals surface area contributed by atoms with E-state index < -0.39 is 0 Å². The van der Waals surface area contributed by atoms with E-state index in [1.165, 1.54) is 57.4 Å². The molecule has 0 saturated heterocycles. The molecule has 0 unspecified atom stereocenters. The molecular formula is C15H28NNaO. The van der Waals surface area contributed by atoms with E-state index in [9.17, 15) is 4.79 Å². The Kier molecular flexibility index (Phi) is 17.4. The molecular weight excluding hydrogens is 233 g/mol. The van der Waals surface area contributed by atoms with Gasteiger partial charge in [0.2, 0.25) is 5.91 Å². The molecule has 0 rings (SSSR count). The van der Waals surface area contributed by atoms with Crippen molar-refractivity contribution in [1.29, 1.82) is 0 Å². The van der Waals surface area contributed by atoms with Crippen LogP contribution in [0.5, 0.6) is 0 Å². The molecule has 18 heavy (non-hydrogen) atoms. The molecule has 2 nitrogen and oxygen atoms in total. The smallest absolute Gasteiger partial charge is 0.499 e. The fourth-order valence-corrected chi connectivity index (χ4v) is 1.85. The summed E-state index contributed by atoms with van der Waals surface area (Å²) >= 11 is 0. The normalized spacial score (nSPS) is 9.94. The predicted octanol–water partition coefficient (Wildman–Crippen LogP) is 1.38. The fraction of sp³-hybridized carbons (Fsp3) is 0.733. The first kappa shape index (κ1) is 20.5. The van der Waals surface area contributed by atoms with Crippen molar-refractivity contribution in [3.8, 4) is 0 Å². The summed E-state index contributed by atoms with van der Waals surface area (Å²) in [5.41, 5.74) is 0. The molecule has 0 radical (unpaired) electrons. The zero-order valence-corrected chi connectivity index (χ0v) is 14.6. The van der Waals surface area contributed by atoms with Gasteiger partial charge in [-0.3, -0.25) is 4.79 Å². The number of nitrogens with one attached hydrogen (secondary N) is 1. The summed E-state index contributed by atoms with van der Waals surface area (Å²) in [4.78, 5) is 11.0. The minimum Gasteiger partial charge on any atom is -0.499 e. The van der Waals surface area contributed by atoms with Crippen molar-refractivity contribution in [2.45, 2.75) is 71.6 Å². The maximum absolute atomic E-state index is 11.0. The Morgan fingerprint density at radius 2 is 1.61 bits per heavy atom. The van der Waals surface area contributed by atoms with Gasteiger partial charge in [0.1, 0.15) is 0 Å². The molecule has 0 aliphatic rings. The van der Waals surface area contributed by atoms with Gasteiger partial charge >= 0.3 is 29.6 Å². The van der Waals surface area contributed by atoms with Crippen LogP contribution in [0.25, 0.3) is 0 Å². The zero-order valence-electron chi connectivity index (χ0n) is 12.6. The molecule has 0 bridgehead atoms. The largest absolute Gasteiger partial charge is 1.00 e. The SMILES string of the molecule is C=CC(=O)N[C-](C)CCCCCCCCCC.[Na+]. The molecule has 0 atom stereocenters. The van der Waals surface area contributed by atoms with E-state index >= 15 is 0 Å². The van der Waals surface area contributed by atoms with Crippen LogP contribution in [-0.2, 0) is 4.79 Å². The summed E-state index contributed by atoms with van der Waals surface area (Å²) in [5.74, 6) is -0.0953. The number of hydrogen-bond acceptors (Lipinski definition) is 1. The molecule has 0 fully saturated rings. The van der Waals surface area contributed by atoms with E-state index in [1.54, 1.807) is 0 Å². The number of amides is 1. The first-order chi connectivity index (χ1) is 8.20. The molecule has 0 spiro atoms. The first-order valence-electron chi connectivity index (χ1n) is 6.96. The van der Waals surface area contributed by atoms with E-state index in [4.69, 9.17) is 0 Å². The summed E-state index contributed by atoms with van der Waals surface area (Å²) in [7, 11) is 0. The number of rotatable bonds is 11. The second-order valence-corrected chi connectivity index (χ2v) is 4.70. The van der Waals surface area contributed by atoms with Gasteiger partial charge in [-0.25, -0.2) is 6.04 Å². The van der Waals surface area contributed by atoms with Gasteiger partial charge in [0.25, 0.3) is 0 Å². The van der Waals surface area contributed by atoms with Crippen LogP contribution >= 0.6 is 0 Å². The fourth-order valence-electron chi connectivity index (χ4n) is 1.85. The molecule has 100 valence electrons. The van der Waals surface area contributed by atoms with Crippen molar-refractivity contribution in [2.24, 2.45) is 0 Å². The van der Waals surface area contributed by atoms with Crippen LogP contribution < -0.4 is 34.9 Å². The maximum Gasteiger partial charge on any atom is 1.00 e. The van der Waals surface area contributed by atoms with Gasteiger partial charge in [0, 0.05) is 0 Å². The van der Waals surface area contributed by atoms with Crippen LogP contribution in [0, 0.1) is 6.04 Å². The van der Waals surface area contributed by atoms with Gasteiger partial charge in [-0.05, 0) is 6.08 Å². The van der Waals surface area contributed by atoms with E-state index in [-0.39, 0.29) is 35.5 Å². The maximum atomic E-state index is 11.0. The number of hydrogen-bond donors (Lipinski definition) is 1. The van der Waals surface area contributed by atoms with Gasteiger partial charge in [0.15, 0.2) is 0 Å². The average molecular weight is 261 g/mol. The van der Waals surface area contributed by atoms with Crippen molar-refractivity contribution >= 4 is 5.91 Å². The van der Waals surface area contributed by atoms with Gasteiger partial charge in [0.05, 0.1) is 0 Å². The third-order valence-electron chi connectivity index (χ3n) is 2.93. The molecule has 3 heteroatoms. The van der Waals surface area contributed by atoms with Gasteiger partial charge in [-0.1, -0.05) is 64.9 Å². The van der Waals surface area contributed by atoms with Crippen LogP contribution in [0.3, 0.4) is 0 Å². The van der Waals surface area contributed by atoms with Gasteiger partial charge < -0.3 is 5.32 Å². The molecule has 0 heterocycles. The van der Waals surface area contributed by atoms with Gasteiger partial charge in [-0.2, -0.15) is 13.3 Å². The molecule has 0 aromatic carbocycles. The number of unbranched alkanes of at least 4 members (excludes halogenated alkanes) is 7. The van der Waals surface area contributed by atoms with E-state index in [0.717, 1.165) is 12.5 Å². The summed E-state index contributed by atoms with van der Waals surface area (Å²) in [5, 5.41) is 2.81. The van der Waals surface area contributed by atoms with Crippen molar-refractivity contribution in [1.82, 2.24) is 5.32 Å². The standard InChI is InChI=1S/C15H28NO.Na/c1-4-6-7-8-9-10-11-12-13-14(3)16-15(17)5-2;/h5H,2,4,6-13H2,1,3H3,(H,16,17);/q-1;+1. The van der Waals surface area contributed by atoms with Crippen molar-refractivity contribution < 1.29 is 34.4 Å². The summed E-state index contributed by atoms with van der Waals surface area (Å²) < 4.78 is 0. The van der Waals surface area contributed by atoms with Crippen LogP contribution in [0.4, 0.5) is 0 Å². The molecule has 0 aliphatic heterocycles. The number of carbonyl (C=O) groups is 1. The molecule has 0 saturated carbocycles. The Morgan fingerprint density at radius 1 is 1.11 bits per heavy atom. The van der Waals surface area contributed by atoms with E-state index in [0.29, 0.717) is 0 Å². The van der Waals surface area contributed by atoms with Crippen molar-refractivity contribution in [2.75, 3.05) is 0 Å². The second-order valence-electron chi connectivity index (χ2n) is 4.70. The summed E-state index contributed by atoms with van der Waals surface area (Å²) in [6, 6.07) is 1.06. The summed E-state index contributed by atoms with van der Waals surface area (Å²) in [6.07, 6.45) is 12.9. The first-order valence-corrected chi connectivity index (χ1v) is 6.96. The second kappa shape index (κ2) is 15.3. The molecule has 0 aromatic heterocycles. The molecule has 1 N–H and O–H groups in total. The van der Waals surface area contributed by atoms with Crippen molar-refractivity contribution in [3.63, 3.8) is 0 Å². The Morgan fingerprint density at radius 3 is 2.11 bits per heavy atom. The molecule has 1 amide bonds. The van der Waals surface area contributed by atoms with Crippen LogP contribution in [-0.4, -0.2) is 5.91 Å².